The predicted molar refractivity (Wildman–Crippen MR) is 133 cm³/mol. The van der Waals surface area contributed by atoms with Crippen LogP contribution in [-0.4, -0.2) is 64.6 Å². The molecule has 1 aromatic carbocycles. The lowest BCUT2D eigenvalue weighted by Crippen LogP contribution is -2.58. The Balaban J connectivity index is 3.09. The van der Waals surface area contributed by atoms with Gasteiger partial charge < -0.3 is 32.5 Å². The van der Waals surface area contributed by atoms with E-state index in [4.69, 9.17) is 11.5 Å². The second-order valence-electron chi connectivity index (χ2n) is 8.64. The average Bonchev–Trinajstić information content (AvgIpc) is 2.79. The number of hydrogen-bond donors (Lipinski definition) is 7. The third-order valence-corrected chi connectivity index (χ3v) is 5.45. The van der Waals surface area contributed by atoms with Gasteiger partial charge in [-0.05, 0) is 24.3 Å². The standard InChI is InChI=1S/C23H35N5O6S/c1-13(2)10-15(24)20(30)26-16(8-9-19(25)29)21(31)27-17(11-14-6-4-3-5-7-14)22(32)28-18(12-35)23(33)34/h3-7,13,15-18,35H,8-12,24H2,1-2H3,(H2,25,29)(H,26,30)(H,27,31)(H,28,32)(H,33,34). The van der Waals surface area contributed by atoms with Gasteiger partial charge in [-0.1, -0.05) is 44.2 Å². The van der Waals surface area contributed by atoms with E-state index in [0.29, 0.717) is 12.0 Å². The minimum absolute atomic E-state index is 0.0562. The number of carboxylic acids is 1. The molecule has 11 nitrogen and oxygen atoms in total. The third-order valence-electron chi connectivity index (χ3n) is 5.09. The summed E-state index contributed by atoms with van der Waals surface area (Å²) in [6.45, 7) is 3.79. The van der Waals surface area contributed by atoms with Gasteiger partial charge in [0.25, 0.3) is 0 Å². The maximum atomic E-state index is 13.1. The number of nitrogens with one attached hydrogen (secondary N) is 3. The van der Waals surface area contributed by atoms with E-state index in [1.807, 2.05) is 13.8 Å². The molecule has 0 bridgehead atoms. The Morgan fingerprint density at radius 2 is 1.46 bits per heavy atom. The molecule has 35 heavy (non-hydrogen) atoms. The molecule has 4 amide bonds. The summed E-state index contributed by atoms with van der Waals surface area (Å²) < 4.78 is 0. The van der Waals surface area contributed by atoms with E-state index in [-0.39, 0.29) is 30.9 Å². The highest BCUT2D eigenvalue weighted by Crippen LogP contribution is 2.08. The minimum Gasteiger partial charge on any atom is -0.480 e. The van der Waals surface area contributed by atoms with Crippen molar-refractivity contribution in [2.45, 2.75) is 63.7 Å². The van der Waals surface area contributed by atoms with E-state index in [9.17, 15) is 29.1 Å². The zero-order valence-corrected chi connectivity index (χ0v) is 20.8. The van der Waals surface area contributed by atoms with Crippen LogP contribution >= 0.6 is 12.6 Å². The Hall–Kier alpha value is -3.12. The normalized spacial score (nSPS) is 14.3. The van der Waals surface area contributed by atoms with Crippen molar-refractivity contribution in [1.29, 1.82) is 0 Å². The molecule has 0 saturated heterocycles. The van der Waals surface area contributed by atoms with E-state index < -0.39 is 53.8 Å². The molecule has 194 valence electrons. The number of amides is 4. The van der Waals surface area contributed by atoms with Crippen molar-refractivity contribution in [3.05, 3.63) is 35.9 Å². The van der Waals surface area contributed by atoms with Crippen LogP contribution in [0.1, 0.15) is 38.7 Å². The summed E-state index contributed by atoms with van der Waals surface area (Å²) in [5.41, 5.74) is 11.8. The largest absolute Gasteiger partial charge is 0.480 e. The fourth-order valence-corrected chi connectivity index (χ4v) is 3.49. The fraction of sp³-hybridized carbons (Fsp3) is 0.522. The molecule has 0 aliphatic heterocycles. The summed E-state index contributed by atoms with van der Waals surface area (Å²) >= 11 is 3.94. The molecule has 0 aliphatic rings. The highest BCUT2D eigenvalue weighted by Gasteiger charge is 2.30. The van der Waals surface area contributed by atoms with Crippen molar-refractivity contribution in [1.82, 2.24) is 16.0 Å². The first-order valence-corrected chi connectivity index (χ1v) is 11.9. The lowest BCUT2D eigenvalue weighted by Gasteiger charge is -2.25. The van der Waals surface area contributed by atoms with Gasteiger partial charge in [-0.25, -0.2) is 4.79 Å². The number of primary amides is 1. The Bertz CT molecular complexity index is 882. The smallest absolute Gasteiger partial charge is 0.327 e. The van der Waals surface area contributed by atoms with Gasteiger partial charge in [0.05, 0.1) is 6.04 Å². The molecule has 4 unspecified atom stereocenters. The molecule has 12 heteroatoms. The van der Waals surface area contributed by atoms with Gasteiger partial charge in [0.1, 0.15) is 18.1 Å². The van der Waals surface area contributed by atoms with Gasteiger partial charge in [0, 0.05) is 18.6 Å². The number of carbonyl (C=O) groups is 5. The third kappa shape index (κ3) is 11.2. The molecular formula is C23H35N5O6S. The Kier molecular flexibility index (Phi) is 12.8. The fourth-order valence-electron chi connectivity index (χ4n) is 3.24. The number of thiol groups is 1. The van der Waals surface area contributed by atoms with Crippen molar-refractivity contribution in [2.75, 3.05) is 5.75 Å². The number of hydrogen-bond acceptors (Lipinski definition) is 7. The topological polar surface area (TPSA) is 194 Å². The molecule has 0 aromatic heterocycles. The highest BCUT2D eigenvalue weighted by atomic mass is 32.1. The van der Waals surface area contributed by atoms with Gasteiger partial charge in [0.2, 0.25) is 23.6 Å². The van der Waals surface area contributed by atoms with E-state index in [2.05, 4.69) is 28.6 Å². The van der Waals surface area contributed by atoms with E-state index >= 15 is 0 Å². The van der Waals surface area contributed by atoms with Crippen LogP contribution in [0.15, 0.2) is 30.3 Å². The van der Waals surface area contributed by atoms with Gasteiger partial charge in [0.15, 0.2) is 0 Å². The van der Waals surface area contributed by atoms with Gasteiger partial charge in [-0.3, -0.25) is 19.2 Å². The molecular weight excluding hydrogens is 474 g/mol. The molecule has 0 radical (unpaired) electrons. The van der Waals surface area contributed by atoms with Crippen LogP contribution in [0.25, 0.3) is 0 Å². The number of nitrogens with two attached hydrogens (primary N) is 2. The van der Waals surface area contributed by atoms with Crippen LogP contribution in [0.5, 0.6) is 0 Å². The van der Waals surface area contributed by atoms with Crippen molar-refractivity contribution in [3.63, 3.8) is 0 Å². The van der Waals surface area contributed by atoms with Gasteiger partial charge in [-0.2, -0.15) is 12.6 Å². The summed E-state index contributed by atoms with van der Waals surface area (Å²) in [7, 11) is 0. The zero-order valence-electron chi connectivity index (χ0n) is 19.9. The summed E-state index contributed by atoms with van der Waals surface area (Å²) in [5, 5.41) is 16.7. The highest BCUT2D eigenvalue weighted by molar-refractivity contribution is 7.80. The lowest BCUT2D eigenvalue weighted by molar-refractivity contribution is -0.141. The number of benzene rings is 1. The molecule has 1 rings (SSSR count). The van der Waals surface area contributed by atoms with Gasteiger partial charge >= 0.3 is 5.97 Å². The molecule has 0 aliphatic carbocycles. The van der Waals surface area contributed by atoms with E-state index in [1.165, 1.54) is 0 Å². The van der Waals surface area contributed by atoms with E-state index in [1.54, 1.807) is 30.3 Å². The van der Waals surface area contributed by atoms with Crippen LogP contribution in [-0.2, 0) is 30.4 Å². The van der Waals surface area contributed by atoms with Crippen molar-refractivity contribution in [2.24, 2.45) is 17.4 Å². The van der Waals surface area contributed by atoms with E-state index in [0.717, 1.165) is 0 Å². The van der Waals surface area contributed by atoms with Crippen LogP contribution in [0.2, 0.25) is 0 Å². The zero-order chi connectivity index (χ0) is 26.5. The second-order valence-corrected chi connectivity index (χ2v) is 9.00. The lowest BCUT2D eigenvalue weighted by atomic mass is 10.0. The molecule has 8 N–H and O–H groups in total. The number of carbonyl (C=O) groups excluding carboxylic acids is 4. The summed E-state index contributed by atoms with van der Waals surface area (Å²) in [5.74, 6) is -4.00. The summed E-state index contributed by atoms with van der Waals surface area (Å²) in [4.78, 5) is 61.2. The number of aliphatic carboxylic acids is 1. The minimum atomic E-state index is -1.27. The monoisotopic (exact) mass is 509 g/mol. The SMILES string of the molecule is CC(C)CC(N)C(=O)NC(CCC(N)=O)C(=O)NC(Cc1ccccc1)C(=O)NC(CS)C(=O)O. The molecule has 0 fully saturated rings. The first-order valence-electron chi connectivity index (χ1n) is 11.3. The van der Waals surface area contributed by atoms with Gasteiger partial charge in [-0.15, -0.1) is 0 Å². The summed E-state index contributed by atoms with van der Waals surface area (Å²) in [6, 6.07) is 4.32. The maximum Gasteiger partial charge on any atom is 0.327 e. The summed E-state index contributed by atoms with van der Waals surface area (Å²) in [6.07, 6.45) is 0.152. The second kappa shape index (κ2) is 15.0. The quantitative estimate of drug-likeness (QED) is 0.152. The number of rotatable bonds is 15. The molecule has 4 atom stereocenters. The number of carboxylic acid groups (broad SMARTS) is 1. The van der Waals surface area contributed by atoms with Crippen LogP contribution in [0.3, 0.4) is 0 Å². The van der Waals surface area contributed by atoms with Crippen LogP contribution in [0.4, 0.5) is 0 Å². The van der Waals surface area contributed by atoms with Crippen LogP contribution < -0.4 is 27.4 Å². The van der Waals surface area contributed by atoms with Crippen molar-refractivity contribution >= 4 is 42.2 Å². The molecule has 0 spiro atoms. The first kappa shape index (κ1) is 29.9. The Labute approximate surface area is 210 Å². The van der Waals surface area contributed by atoms with Crippen LogP contribution in [0, 0.1) is 5.92 Å². The predicted octanol–water partition coefficient (Wildman–Crippen LogP) is -0.663. The average molecular weight is 510 g/mol. The van der Waals surface area contributed by atoms with Crippen molar-refractivity contribution in [3.8, 4) is 0 Å². The maximum absolute atomic E-state index is 13.1. The Morgan fingerprint density at radius 3 is 1.97 bits per heavy atom. The first-order chi connectivity index (χ1) is 16.4. The van der Waals surface area contributed by atoms with Crippen molar-refractivity contribution < 1.29 is 29.1 Å². The molecule has 0 saturated carbocycles. The Morgan fingerprint density at radius 1 is 0.914 bits per heavy atom. The molecule has 1 aromatic rings. The molecule has 0 heterocycles.